The standard InChI is InChI=1S/C21H30O8S4.2Na/c22-32(23,24)15-3-1-9-28-11-7-21(8-12-29-10-2-4-16-33(25,26)27)17-5-13-30-19(17)20-18(21)6-14-31-20;;/h5-6,13-14H,1-4,7-12,15-16H2,(H,22,23,24)(H,25,26,27);;/q;2*+1/p-2. The molecule has 0 bridgehead atoms. The van der Waals surface area contributed by atoms with Crippen molar-refractivity contribution < 1.29 is 94.5 Å². The molecule has 0 radical (unpaired) electrons. The molecule has 0 N–H and O–H groups in total. The molecule has 0 fully saturated rings. The van der Waals surface area contributed by atoms with Gasteiger partial charge in [0.1, 0.15) is 0 Å². The van der Waals surface area contributed by atoms with Crippen molar-refractivity contribution in [1.29, 1.82) is 0 Å². The van der Waals surface area contributed by atoms with E-state index in [1.165, 1.54) is 20.9 Å². The maximum Gasteiger partial charge on any atom is 1.00 e. The molecule has 2 aromatic rings. The van der Waals surface area contributed by atoms with E-state index < -0.39 is 20.2 Å². The zero-order chi connectivity index (χ0) is 24.0. The van der Waals surface area contributed by atoms with Crippen molar-refractivity contribution in [2.45, 2.75) is 43.9 Å². The summed E-state index contributed by atoms with van der Waals surface area (Å²) in [4.78, 5) is 2.56. The zero-order valence-electron chi connectivity index (χ0n) is 20.2. The number of fused-ring (bicyclic) bond motifs is 3. The quantitative estimate of drug-likeness (QED) is 0.121. The van der Waals surface area contributed by atoms with Gasteiger partial charge in [0.05, 0.1) is 20.2 Å². The minimum atomic E-state index is -4.18. The second-order valence-corrected chi connectivity index (χ2v) is 13.0. The fourth-order valence-corrected chi connectivity index (χ4v) is 7.49. The summed E-state index contributed by atoms with van der Waals surface area (Å²) in [5, 5.41) is 4.19. The van der Waals surface area contributed by atoms with Crippen LogP contribution in [-0.4, -0.2) is 63.9 Å². The van der Waals surface area contributed by atoms with Crippen LogP contribution in [-0.2, 0) is 35.1 Å². The average Bonchev–Trinajstić information content (AvgIpc) is 3.41. The Morgan fingerprint density at radius 2 is 1.09 bits per heavy atom. The van der Waals surface area contributed by atoms with Gasteiger partial charge in [0.15, 0.2) is 0 Å². The Kier molecular flexibility index (Phi) is 15.3. The van der Waals surface area contributed by atoms with E-state index >= 15 is 0 Å². The molecule has 0 saturated carbocycles. The second-order valence-electron chi connectivity index (χ2n) is 8.07. The fraction of sp³-hybridized carbons (Fsp3) is 0.619. The van der Waals surface area contributed by atoms with Crippen LogP contribution < -0.4 is 59.1 Å². The van der Waals surface area contributed by atoms with Crippen LogP contribution in [0.3, 0.4) is 0 Å². The van der Waals surface area contributed by atoms with Gasteiger partial charge in [-0.15, -0.1) is 22.7 Å². The Morgan fingerprint density at radius 3 is 1.46 bits per heavy atom. The Hall–Kier alpha value is 1.14. The van der Waals surface area contributed by atoms with Crippen LogP contribution in [0.4, 0.5) is 0 Å². The van der Waals surface area contributed by atoms with Crippen molar-refractivity contribution in [3.63, 3.8) is 0 Å². The minimum absolute atomic E-state index is 0. The summed E-state index contributed by atoms with van der Waals surface area (Å²) in [6, 6.07) is 4.32. The van der Waals surface area contributed by atoms with Crippen LogP contribution >= 0.6 is 22.7 Å². The molecular formula is C21H28Na2O8S4. The van der Waals surface area contributed by atoms with E-state index in [4.69, 9.17) is 9.47 Å². The van der Waals surface area contributed by atoms with E-state index in [1.54, 1.807) is 22.7 Å². The van der Waals surface area contributed by atoms with E-state index in [0.29, 0.717) is 52.1 Å². The topological polar surface area (TPSA) is 133 Å². The molecule has 0 unspecified atom stereocenters. The number of hydrogen-bond donors (Lipinski definition) is 0. The summed E-state index contributed by atoms with van der Waals surface area (Å²) in [5.74, 6) is -0.732. The Morgan fingerprint density at radius 1 is 0.686 bits per heavy atom. The molecule has 2 heterocycles. The summed E-state index contributed by atoms with van der Waals surface area (Å²) in [7, 11) is -8.36. The van der Waals surface area contributed by atoms with Gasteiger partial charge in [0.2, 0.25) is 0 Å². The van der Waals surface area contributed by atoms with E-state index in [1.807, 2.05) is 0 Å². The molecule has 1 aliphatic carbocycles. The minimum Gasteiger partial charge on any atom is -0.748 e. The van der Waals surface area contributed by atoms with Gasteiger partial charge < -0.3 is 18.6 Å². The normalized spacial score (nSPS) is 14.1. The summed E-state index contributed by atoms with van der Waals surface area (Å²) >= 11 is 3.45. The van der Waals surface area contributed by atoms with Gasteiger partial charge >= 0.3 is 59.1 Å². The van der Waals surface area contributed by atoms with Crippen LogP contribution in [0, 0.1) is 0 Å². The third-order valence-electron chi connectivity index (χ3n) is 5.78. The average molecular weight is 583 g/mol. The van der Waals surface area contributed by atoms with Gasteiger partial charge in [-0.2, -0.15) is 0 Å². The first-order valence-electron chi connectivity index (χ1n) is 10.8. The molecule has 0 aliphatic heterocycles. The van der Waals surface area contributed by atoms with Crippen molar-refractivity contribution in [3.05, 3.63) is 34.0 Å². The Bertz CT molecular complexity index is 1020. The molecule has 0 amide bonds. The molecular weight excluding hydrogens is 554 g/mol. The predicted molar refractivity (Wildman–Crippen MR) is 127 cm³/mol. The largest absolute Gasteiger partial charge is 1.00 e. The van der Waals surface area contributed by atoms with Crippen molar-refractivity contribution in [1.82, 2.24) is 0 Å². The van der Waals surface area contributed by atoms with Gasteiger partial charge in [-0.1, -0.05) is 0 Å². The molecule has 2 aromatic heterocycles. The number of thiophene rings is 2. The summed E-state index contributed by atoms with van der Waals surface area (Å²) in [5.41, 5.74) is 2.31. The molecule has 3 rings (SSSR count). The van der Waals surface area contributed by atoms with Crippen LogP contribution in [0.25, 0.3) is 9.75 Å². The van der Waals surface area contributed by atoms with Crippen LogP contribution in [0.15, 0.2) is 22.9 Å². The zero-order valence-corrected chi connectivity index (χ0v) is 27.5. The molecule has 0 saturated heterocycles. The van der Waals surface area contributed by atoms with Crippen molar-refractivity contribution in [2.75, 3.05) is 37.9 Å². The smallest absolute Gasteiger partial charge is 0.748 e. The van der Waals surface area contributed by atoms with Crippen LogP contribution in [0.5, 0.6) is 0 Å². The predicted octanol–water partition coefficient (Wildman–Crippen LogP) is -2.45. The van der Waals surface area contributed by atoms with Gasteiger partial charge in [-0.25, -0.2) is 16.8 Å². The Labute approximate surface area is 260 Å². The number of hydrogen-bond acceptors (Lipinski definition) is 10. The second kappa shape index (κ2) is 15.7. The maximum atomic E-state index is 10.7. The number of rotatable bonds is 16. The van der Waals surface area contributed by atoms with Crippen molar-refractivity contribution in [2.24, 2.45) is 0 Å². The first-order valence-corrected chi connectivity index (χ1v) is 15.7. The van der Waals surface area contributed by atoms with Crippen LogP contribution in [0.2, 0.25) is 0 Å². The number of ether oxygens (including phenoxy) is 2. The van der Waals surface area contributed by atoms with E-state index in [9.17, 15) is 25.9 Å². The molecule has 14 heteroatoms. The molecule has 0 spiro atoms. The van der Waals surface area contributed by atoms with Gasteiger partial charge in [0.25, 0.3) is 0 Å². The van der Waals surface area contributed by atoms with E-state index in [-0.39, 0.29) is 76.0 Å². The molecule has 0 aromatic carbocycles. The van der Waals surface area contributed by atoms with Crippen molar-refractivity contribution >= 4 is 42.9 Å². The summed E-state index contributed by atoms with van der Waals surface area (Å²) in [6.07, 6.45) is 3.12. The molecule has 35 heavy (non-hydrogen) atoms. The fourth-order valence-electron chi connectivity index (χ4n) is 4.20. The monoisotopic (exact) mass is 582 g/mol. The molecule has 186 valence electrons. The number of unbranched alkanes of at least 4 members (excludes halogenated alkanes) is 2. The third-order valence-corrected chi connectivity index (χ3v) is 9.35. The maximum absolute atomic E-state index is 10.7. The van der Waals surface area contributed by atoms with E-state index in [2.05, 4.69) is 22.9 Å². The SMILES string of the molecule is O=S(=O)([O-])CCCCOCCC1(CCOCCCCS(=O)(=O)[O-])c2ccsc2-c2sccc21.[Na+].[Na+]. The van der Waals surface area contributed by atoms with Gasteiger partial charge in [-0.05, 0) is 72.5 Å². The first-order chi connectivity index (χ1) is 15.6. The van der Waals surface area contributed by atoms with Crippen molar-refractivity contribution in [3.8, 4) is 9.75 Å². The summed E-state index contributed by atoms with van der Waals surface area (Å²) in [6.45, 7) is 1.79. The molecule has 1 aliphatic rings. The Balaban J connectivity index is 0.00000306. The molecule has 0 atom stereocenters. The summed E-state index contributed by atoms with van der Waals surface area (Å²) < 4.78 is 75.8. The first kappa shape index (κ1) is 34.2. The van der Waals surface area contributed by atoms with E-state index in [0.717, 1.165) is 12.8 Å². The van der Waals surface area contributed by atoms with Gasteiger partial charge in [0, 0.05) is 53.1 Å². The molecule has 8 nitrogen and oxygen atoms in total. The van der Waals surface area contributed by atoms with Crippen LogP contribution in [0.1, 0.15) is 49.7 Å². The third kappa shape index (κ3) is 10.3. The van der Waals surface area contributed by atoms with Gasteiger partial charge in [-0.3, -0.25) is 0 Å².